The van der Waals surface area contributed by atoms with Gasteiger partial charge in [0.15, 0.2) is 5.82 Å². The van der Waals surface area contributed by atoms with E-state index in [0.29, 0.717) is 17.4 Å². The SMILES string of the molecule is COc1cncc(Nc2cc(OC)c(C(=O)O)cc2Cl)n1. The molecule has 21 heavy (non-hydrogen) atoms. The van der Waals surface area contributed by atoms with E-state index in [1.807, 2.05) is 0 Å². The number of rotatable bonds is 5. The zero-order chi connectivity index (χ0) is 15.4. The normalized spacial score (nSPS) is 10.0. The van der Waals surface area contributed by atoms with Crippen molar-refractivity contribution in [1.29, 1.82) is 0 Å². The number of halogens is 1. The minimum atomic E-state index is -1.12. The molecule has 0 unspecified atom stereocenters. The summed E-state index contributed by atoms with van der Waals surface area (Å²) in [6.07, 6.45) is 2.94. The molecule has 7 nitrogen and oxygen atoms in total. The molecule has 0 aliphatic rings. The molecule has 2 N–H and O–H groups in total. The van der Waals surface area contributed by atoms with Gasteiger partial charge in [0, 0.05) is 6.07 Å². The Labute approximate surface area is 125 Å². The number of benzene rings is 1. The molecule has 0 amide bonds. The Morgan fingerprint density at radius 1 is 1.29 bits per heavy atom. The van der Waals surface area contributed by atoms with Gasteiger partial charge in [-0.2, -0.15) is 4.98 Å². The van der Waals surface area contributed by atoms with Gasteiger partial charge >= 0.3 is 5.97 Å². The molecule has 0 aliphatic carbocycles. The third-order valence-corrected chi connectivity index (χ3v) is 2.92. The van der Waals surface area contributed by atoms with Gasteiger partial charge in [-0.3, -0.25) is 4.98 Å². The van der Waals surface area contributed by atoms with Crippen molar-refractivity contribution in [3.63, 3.8) is 0 Å². The van der Waals surface area contributed by atoms with Crippen LogP contribution in [0, 0.1) is 0 Å². The maximum absolute atomic E-state index is 11.1. The zero-order valence-corrected chi connectivity index (χ0v) is 12.0. The van der Waals surface area contributed by atoms with Crippen molar-refractivity contribution in [2.75, 3.05) is 19.5 Å². The second kappa shape index (κ2) is 6.27. The van der Waals surface area contributed by atoms with Crippen molar-refractivity contribution in [2.45, 2.75) is 0 Å². The number of aromatic carboxylic acids is 1. The first-order valence-electron chi connectivity index (χ1n) is 5.79. The van der Waals surface area contributed by atoms with Crippen LogP contribution in [0.3, 0.4) is 0 Å². The molecule has 2 aromatic rings. The first kappa shape index (κ1) is 14.9. The number of aromatic nitrogens is 2. The number of ether oxygens (including phenoxy) is 2. The van der Waals surface area contributed by atoms with Crippen molar-refractivity contribution >= 4 is 29.1 Å². The Hall–Kier alpha value is -2.54. The minimum Gasteiger partial charge on any atom is -0.496 e. The summed E-state index contributed by atoms with van der Waals surface area (Å²) in [5.74, 6) is -0.196. The van der Waals surface area contributed by atoms with Gasteiger partial charge in [-0.25, -0.2) is 4.79 Å². The Balaban J connectivity index is 2.37. The monoisotopic (exact) mass is 309 g/mol. The van der Waals surface area contributed by atoms with Crippen LogP contribution in [-0.4, -0.2) is 35.3 Å². The lowest BCUT2D eigenvalue weighted by atomic mass is 10.2. The smallest absolute Gasteiger partial charge is 0.339 e. The number of carboxylic acid groups (broad SMARTS) is 1. The number of hydrogen-bond acceptors (Lipinski definition) is 6. The van der Waals surface area contributed by atoms with Crippen LogP contribution >= 0.6 is 11.6 Å². The average Bonchev–Trinajstić information content (AvgIpc) is 2.49. The highest BCUT2D eigenvalue weighted by atomic mass is 35.5. The number of methoxy groups -OCH3 is 2. The fourth-order valence-corrected chi connectivity index (χ4v) is 1.84. The molecule has 8 heteroatoms. The van der Waals surface area contributed by atoms with Crippen LogP contribution in [0.1, 0.15) is 10.4 Å². The molecule has 1 aromatic heterocycles. The summed E-state index contributed by atoms with van der Waals surface area (Å²) in [4.78, 5) is 19.2. The highest BCUT2D eigenvalue weighted by molar-refractivity contribution is 6.33. The lowest BCUT2D eigenvalue weighted by Crippen LogP contribution is -2.03. The van der Waals surface area contributed by atoms with E-state index in [4.69, 9.17) is 26.2 Å². The first-order valence-corrected chi connectivity index (χ1v) is 6.17. The second-order valence-corrected chi connectivity index (χ2v) is 4.32. The quantitative estimate of drug-likeness (QED) is 0.876. The van der Waals surface area contributed by atoms with Crippen molar-refractivity contribution < 1.29 is 19.4 Å². The van der Waals surface area contributed by atoms with Crippen LogP contribution < -0.4 is 14.8 Å². The fourth-order valence-electron chi connectivity index (χ4n) is 1.63. The summed E-state index contributed by atoms with van der Waals surface area (Å²) < 4.78 is 10.0. The van der Waals surface area contributed by atoms with Crippen molar-refractivity contribution in [1.82, 2.24) is 9.97 Å². The van der Waals surface area contributed by atoms with Crippen LogP contribution in [0.2, 0.25) is 5.02 Å². The van der Waals surface area contributed by atoms with E-state index >= 15 is 0 Å². The highest BCUT2D eigenvalue weighted by Gasteiger charge is 2.15. The number of anilines is 2. The summed E-state index contributed by atoms with van der Waals surface area (Å²) in [6, 6.07) is 2.78. The summed E-state index contributed by atoms with van der Waals surface area (Å²) in [5, 5.41) is 12.2. The summed E-state index contributed by atoms with van der Waals surface area (Å²) in [5.41, 5.74) is 0.422. The van der Waals surface area contributed by atoms with Gasteiger partial charge in [0.25, 0.3) is 0 Å². The summed E-state index contributed by atoms with van der Waals surface area (Å²) >= 11 is 6.07. The van der Waals surface area contributed by atoms with Crippen LogP contribution in [0.4, 0.5) is 11.5 Å². The van der Waals surface area contributed by atoms with E-state index in [1.54, 1.807) is 0 Å². The lowest BCUT2D eigenvalue weighted by Gasteiger charge is -2.12. The van der Waals surface area contributed by atoms with E-state index in [2.05, 4.69) is 15.3 Å². The van der Waals surface area contributed by atoms with Gasteiger partial charge in [-0.05, 0) is 6.07 Å². The van der Waals surface area contributed by atoms with Gasteiger partial charge in [0.2, 0.25) is 5.88 Å². The predicted octanol–water partition coefficient (Wildman–Crippen LogP) is 2.59. The molecular weight excluding hydrogens is 298 g/mol. The molecule has 0 radical (unpaired) electrons. The third-order valence-electron chi connectivity index (χ3n) is 2.60. The molecule has 0 saturated carbocycles. The molecule has 0 atom stereocenters. The molecular formula is C13H12ClN3O4. The minimum absolute atomic E-state index is 0.0234. The van der Waals surface area contributed by atoms with Crippen LogP contribution in [0.15, 0.2) is 24.5 Å². The Bertz CT molecular complexity index is 678. The molecule has 0 aliphatic heterocycles. The van der Waals surface area contributed by atoms with Crippen LogP contribution in [0.25, 0.3) is 0 Å². The van der Waals surface area contributed by atoms with Crippen LogP contribution in [-0.2, 0) is 0 Å². The van der Waals surface area contributed by atoms with Gasteiger partial charge in [-0.15, -0.1) is 0 Å². The molecule has 0 bridgehead atoms. The van der Waals surface area contributed by atoms with Gasteiger partial charge < -0.3 is 19.9 Å². The molecule has 0 saturated heterocycles. The largest absolute Gasteiger partial charge is 0.496 e. The van der Waals surface area contributed by atoms with E-state index in [-0.39, 0.29) is 16.3 Å². The number of nitrogens with one attached hydrogen (secondary N) is 1. The summed E-state index contributed by atoms with van der Waals surface area (Å²) in [7, 11) is 2.86. The third kappa shape index (κ3) is 3.32. The maximum atomic E-state index is 11.1. The van der Waals surface area contributed by atoms with E-state index in [1.165, 1.54) is 38.7 Å². The number of carboxylic acids is 1. The van der Waals surface area contributed by atoms with Crippen molar-refractivity contribution in [3.05, 3.63) is 35.1 Å². The van der Waals surface area contributed by atoms with Crippen LogP contribution in [0.5, 0.6) is 11.6 Å². The number of carbonyl (C=O) groups is 1. The zero-order valence-electron chi connectivity index (χ0n) is 11.3. The number of hydrogen-bond donors (Lipinski definition) is 2. The molecule has 0 spiro atoms. The summed E-state index contributed by atoms with van der Waals surface area (Å²) in [6.45, 7) is 0. The Morgan fingerprint density at radius 2 is 2.05 bits per heavy atom. The topological polar surface area (TPSA) is 93.6 Å². The van der Waals surface area contributed by atoms with Crippen molar-refractivity contribution in [3.8, 4) is 11.6 Å². The predicted molar refractivity (Wildman–Crippen MR) is 76.8 cm³/mol. The second-order valence-electron chi connectivity index (χ2n) is 3.91. The lowest BCUT2D eigenvalue weighted by molar-refractivity contribution is 0.0693. The maximum Gasteiger partial charge on any atom is 0.339 e. The first-order chi connectivity index (χ1) is 10.0. The van der Waals surface area contributed by atoms with E-state index in [0.717, 1.165) is 0 Å². The molecule has 110 valence electrons. The molecule has 1 heterocycles. The molecule has 0 fully saturated rings. The Kier molecular flexibility index (Phi) is 4.44. The standard InChI is InChI=1S/C13H12ClN3O4/c1-20-10-4-9(8(14)3-7(10)13(18)19)16-11-5-15-6-12(17-11)21-2/h3-6H,1-2H3,(H,16,17)(H,18,19). The Morgan fingerprint density at radius 3 is 2.67 bits per heavy atom. The highest BCUT2D eigenvalue weighted by Crippen LogP contribution is 2.32. The fraction of sp³-hybridized carbons (Fsp3) is 0.154. The van der Waals surface area contributed by atoms with Gasteiger partial charge in [-0.1, -0.05) is 11.6 Å². The van der Waals surface area contributed by atoms with E-state index < -0.39 is 5.97 Å². The average molecular weight is 310 g/mol. The van der Waals surface area contributed by atoms with Gasteiger partial charge in [0.05, 0.1) is 37.3 Å². The van der Waals surface area contributed by atoms with E-state index in [9.17, 15) is 4.79 Å². The van der Waals surface area contributed by atoms with Crippen molar-refractivity contribution in [2.24, 2.45) is 0 Å². The van der Waals surface area contributed by atoms with Gasteiger partial charge in [0.1, 0.15) is 11.3 Å². The molecule has 1 aromatic carbocycles. The number of nitrogens with zero attached hydrogens (tertiary/aromatic N) is 2. The molecule has 2 rings (SSSR count).